The summed E-state index contributed by atoms with van der Waals surface area (Å²) in [6.07, 6.45) is 0.235. The quantitative estimate of drug-likeness (QED) is 0.638. The summed E-state index contributed by atoms with van der Waals surface area (Å²) in [6.45, 7) is 3.00. The molecule has 0 bridgehead atoms. The first-order valence-electron chi connectivity index (χ1n) is 5.27. The molecule has 0 aliphatic carbocycles. The van der Waals surface area contributed by atoms with Crippen LogP contribution in [0, 0.1) is 5.92 Å². The van der Waals surface area contributed by atoms with Gasteiger partial charge in [-0.1, -0.05) is 6.92 Å². The van der Waals surface area contributed by atoms with E-state index in [0.29, 0.717) is 0 Å². The van der Waals surface area contributed by atoms with E-state index in [4.69, 9.17) is 5.11 Å². The van der Waals surface area contributed by atoms with E-state index in [1.807, 2.05) is 0 Å². The number of carbonyl (C=O) groups is 1. The fourth-order valence-electron chi connectivity index (χ4n) is 1.90. The number of hydrogen-bond donors (Lipinski definition) is 4. The molecule has 0 amide bonds. The van der Waals surface area contributed by atoms with Crippen molar-refractivity contribution in [1.29, 1.82) is 0 Å². The smallest absolute Gasteiger partial charge is 0.309 e. The van der Waals surface area contributed by atoms with Gasteiger partial charge in [-0.2, -0.15) is 0 Å². The number of aliphatic hydroxyl groups is 1. The SMILES string of the molecule is CCC(C(=O)O)C(C)(O)c1cc(O)cc(O)c1. The fourth-order valence-corrected chi connectivity index (χ4v) is 1.90. The van der Waals surface area contributed by atoms with Crippen LogP contribution in [0.5, 0.6) is 11.5 Å². The van der Waals surface area contributed by atoms with Crippen molar-refractivity contribution in [2.45, 2.75) is 25.9 Å². The van der Waals surface area contributed by atoms with Crippen molar-refractivity contribution in [2.75, 3.05) is 0 Å². The van der Waals surface area contributed by atoms with E-state index in [9.17, 15) is 20.1 Å². The first-order chi connectivity index (χ1) is 7.78. The highest BCUT2D eigenvalue weighted by molar-refractivity contribution is 5.72. The van der Waals surface area contributed by atoms with Gasteiger partial charge in [0.1, 0.15) is 17.1 Å². The van der Waals surface area contributed by atoms with E-state index in [-0.39, 0.29) is 23.5 Å². The monoisotopic (exact) mass is 240 g/mol. The molecule has 4 N–H and O–H groups in total. The van der Waals surface area contributed by atoms with Gasteiger partial charge in [0.15, 0.2) is 0 Å². The lowest BCUT2D eigenvalue weighted by atomic mass is 9.81. The lowest BCUT2D eigenvalue weighted by Crippen LogP contribution is -2.36. The van der Waals surface area contributed by atoms with Crippen molar-refractivity contribution in [3.63, 3.8) is 0 Å². The predicted octanol–water partition coefficient (Wildman–Crippen LogP) is 1.42. The van der Waals surface area contributed by atoms with Crippen LogP contribution in [0.3, 0.4) is 0 Å². The fraction of sp³-hybridized carbons (Fsp3) is 0.417. The van der Waals surface area contributed by atoms with Gasteiger partial charge in [0, 0.05) is 6.07 Å². The Balaban J connectivity index is 3.23. The van der Waals surface area contributed by atoms with E-state index >= 15 is 0 Å². The number of benzene rings is 1. The Morgan fingerprint density at radius 2 is 1.76 bits per heavy atom. The van der Waals surface area contributed by atoms with E-state index in [0.717, 1.165) is 6.07 Å². The highest BCUT2D eigenvalue weighted by Gasteiger charge is 2.38. The average Bonchev–Trinajstić information content (AvgIpc) is 2.15. The first kappa shape index (κ1) is 13.3. The number of rotatable bonds is 4. The van der Waals surface area contributed by atoms with Gasteiger partial charge < -0.3 is 20.4 Å². The normalized spacial score (nSPS) is 16.2. The van der Waals surface area contributed by atoms with Gasteiger partial charge in [-0.15, -0.1) is 0 Å². The molecule has 0 fully saturated rings. The number of hydrogen-bond acceptors (Lipinski definition) is 4. The third-order valence-electron chi connectivity index (χ3n) is 2.87. The number of carboxylic acid groups (broad SMARTS) is 1. The summed E-state index contributed by atoms with van der Waals surface area (Å²) in [5.74, 6) is -2.58. The predicted molar refractivity (Wildman–Crippen MR) is 60.8 cm³/mol. The van der Waals surface area contributed by atoms with Crippen molar-refractivity contribution in [3.8, 4) is 11.5 Å². The maximum absolute atomic E-state index is 11.0. The number of aliphatic carboxylic acids is 1. The molecule has 0 saturated heterocycles. The summed E-state index contributed by atoms with van der Waals surface area (Å²) in [6, 6.07) is 3.60. The third-order valence-corrected chi connectivity index (χ3v) is 2.87. The molecule has 0 heterocycles. The van der Waals surface area contributed by atoms with Gasteiger partial charge in [0.25, 0.3) is 0 Å². The Bertz CT molecular complexity index is 405. The summed E-state index contributed by atoms with van der Waals surface area (Å²) >= 11 is 0. The zero-order valence-corrected chi connectivity index (χ0v) is 9.71. The van der Waals surface area contributed by atoms with Crippen LogP contribution < -0.4 is 0 Å². The first-order valence-corrected chi connectivity index (χ1v) is 5.27. The summed E-state index contributed by atoms with van der Waals surface area (Å²) < 4.78 is 0. The zero-order chi connectivity index (χ0) is 13.2. The molecule has 5 nitrogen and oxygen atoms in total. The molecule has 1 aromatic rings. The average molecular weight is 240 g/mol. The second-order valence-corrected chi connectivity index (χ2v) is 4.18. The number of phenols is 2. The maximum Gasteiger partial charge on any atom is 0.309 e. The van der Waals surface area contributed by atoms with E-state index in [2.05, 4.69) is 0 Å². The molecule has 0 aliphatic rings. The molecule has 2 unspecified atom stereocenters. The van der Waals surface area contributed by atoms with Gasteiger partial charge in [0.2, 0.25) is 0 Å². The Kier molecular flexibility index (Phi) is 3.63. The largest absolute Gasteiger partial charge is 0.508 e. The lowest BCUT2D eigenvalue weighted by Gasteiger charge is -2.30. The zero-order valence-electron chi connectivity index (χ0n) is 9.71. The van der Waals surface area contributed by atoms with Crippen LogP contribution in [0.4, 0.5) is 0 Å². The maximum atomic E-state index is 11.0. The van der Waals surface area contributed by atoms with E-state index < -0.39 is 17.5 Å². The molecule has 1 aromatic carbocycles. The number of carboxylic acids is 1. The Morgan fingerprint density at radius 1 is 1.29 bits per heavy atom. The van der Waals surface area contributed by atoms with Crippen molar-refractivity contribution in [3.05, 3.63) is 23.8 Å². The van der Waals surface area contributed by atoms with Gasteiger partial charge in [-0.05, 0) is 31.0 Å². The molecule has 0 spiro atoms. The summed E-state index contributed by atoms with van der Waals surface area (Å²) in [5.41, 5.74) is -1.49. The lowest BCUT2D eigenvalue weighted by molar-refractivity contribution is -0.152. The molecule has 0 radical (unpaired) electrons. The Morgan fingerprint density at radius 3 is 2.12 bits per heavy atom. The van der Waals surface area contributed by atoms with Crippen LogP contribution in [-0.4, -0.2) is 26.4 Å². The number of phenolic OH excluding ortho intramolecular Hbond substituents is 2. The van der Waals surface area contributed by atoms with Crippen molar-refractivity contribution >= 4 is 5.97 Å². The second-order valence-electron chi connectivity index (χ2n) is 4.18. The van der Waals surface area contributed by atoms with Gasteiger partial charge in [-0.25, -0.2) is 0 Å². The molecule has 0 saturated carbocycles. The van der Waals surface area contributed by atoms with Crippen LogP contribution in [0.15, 0.2) is 18.2 Å². The summed E-state index contributed by atoms with van der Waals surface area (Å²) in [5, 5.41) is 37.9. The second kappa shape index (κ2) is 4.63. The topological polar surface area (TPSA) is 98.0 Å². The van der Waals surface area contributed by atoms with Crippen LogP contribution in [0.1, 0.15) is 25.8 Å². The Hall–Kier alpha value is -1.75. The van der Waals surface area contributed by atoms with Crippen molar-refractivity contribution in [2.24, 2.45) is 5.92 Å². The molecule has 17 heavy (non-hydrogen) atoms. The van der Waals surface area contributed by atoms with Gasteiger partial charge in [0.05, 0.1) is 5.92 Å². The van der Waals surface area contributed by atoms with Gasteiger partial charge >= 0.3 is 5.97 Å². The standard InChI is InChI=1S/C12H16O5/c1-3-10(11(15)16)12(2,17)7-4-8(13)6-9(14)5-7/h4-6,10,13-14,17H,3H2,1-2H3,(H,15,16). The molecule has 2 atom stereocenters. The minimum absolute atomic E-state index is 0.171. The van der Waals surface area contributed by atoms with Crippen molar-refractivity contribution < 1.29 is 25.2 Å². The highest BCUT2D eigenvalue weighted by atomic mass is 16.4. The van der Waals surface area contributed by atoms with Crippen LogP contribution in [-0.2, 0) is 10.4 Å². The minimum Gasteiger partial charge on any atom is -0.508 e. The summed E-state index contributed by atoms with van der Waals surface area (Å²) in [7, 11) is 0. The van der Waals surface area contributed by atoms with E-state index in [1.54, 1.807) is 6.92 Å². The van der Waals surface area contributed by atoms with Crippen molar-refractivity contribution in [1.82, 2.24) is 0 Å². The molecule has 5 heteroatoms. The van der Waals surface area contributed by atoms with Gasteiger partial charge in [-0.3, -0.25) is 4.79 Å². The molecule has 1 rings (SSSR count). The minimum atomic E-state index is -1.66. The van der Waals surface area contributed by atoms with Crippen LogP contribution >= 0.6 is 0 Å². The number of aromatic hydroxyl groups is 2. The van der Waals surface area contributed by atoms with E-state index in [1.165, 1.54) is 19.1 Å². The van der Waals surface area contributed by atoms with Crippen LogP contribution in [0.2, 0.25) is 0 Å². The molecular formula is C12H16O5. The molecule has 0 aromatic heterocycles. The Labute approximate surface area is 99.0 Å². The van der Waals surface area contributed by atoms with Crippen LogP contribution in [0.25, 0.3) is 0 Å². The molecule has 0 aliphatic heterocycles. The highest BCUT2D eigenvalue weighted by Crippen LogP contribution is 2.35. The summed E-state index contributed by atoms with van der Waals surface area (Å²) in [4.78, 5) is 11.0. The third kappa shape index (κ3) is 2.68. The molecule has 94 valence electrons. The molecular weight excluding hydrogens is 224 g/mol.